The largest absolute Gasteiger partial charge is 0.381 e. The van der Waals surface area contributed by atoms with Gasteiger partial charge < -0.3 is 4.74 Å². The third-order valence-corrected chi connectivity index (χ3v) is 4.36. The lowest BCUT2D eigenvalue weighted by Crippen LogP contribution is -2.48. The van der Waals surface area contributed by atoms with Crippen molar-refractivity contribution in [3.05, 3.63) is 0 Å². The van der Waals surface area contributed by atoms with Crippen molar-refractivity contribution in [1.29, 1.82) is 0 Å². The molecule has 0 aromatic rings. The maximum absolute atomic E-state index is 11.5. The van der Waals surface area contributed by atoms with Crippen LogP contribution in [0.15, 0.2) is 0 Å². The molecule has 0 amide bonds. The van der Waals surface area contributed by atoms with Crippen molar-refractivity contribution in [1.82, 2.24) is 4.72 Å². The van der Waals surface area contributed by atoms with E-state index in [1.807, 2.05) is 0 Å². The first-order valence-corrected chi connectivity index (χ1v) is 7.35. The predicted octanol–water partition coefficient (Wildman–Crippen LogP) is 1.10. The van der Waals surface area contributed by atoms with Crippen LogP contribution in [-0.2, 0) is 14.8 Å². The minimum absolute atomic E-state index is 0.0657. The Hall–Kier alpha value is 0.160. The lowest BCUT2D eigenvalue weighted by molar-refractivity contribution is 0.0236. The second kappa shape index (κ2) is 6.03. The van der Waals surface area contributed by atoms with Crippen molar-refractivity contribution < 1.29 is 13.2 Å². The van der Waals surface area contributed by atoms with E-state index in [2.05, 4.69) is 4.72 Å². The van der Waals surface area contributed by atoms with E-state index in [-0.39, 0.29) is 17.9 Å². The summed E-state index contributed by atoms with van der Waals surface area (Å²) in [7, 11) is -1.46. The van der Waals surface area contributed by atoms with Gasteiger partial charge in [0, 0.05) is 19.0 Å². The molecule has 0 aliphatic heterocycles. The number of sulfonamides is 1. The highest BCUT2D eigenvalue weighted by Crippen LogP contribution is 2.23. The third-order valence-electron chi connectivity index (χ3n) is 2.57. The Morgan fingerprint density at radius 2 is 2.07 bits per heavy atom. The molecule has 0 aromatic carbocycles. The van der Waals surface area contributed by atoms with Crippen molar-refractivity contribution in [2.24, 2.45) is 0 Å². The fourth-order valence-electron chi connectivity index (χ4n) is 1.55. The number of hydrogen-bond donors (Lipinski definition) is 1. The molecule has 1 fully saturated rings. The number of rotatable bonds is 7. The molecule has 0 radical (unpaired) electrons. The number of unbranched alkanes of at least 4 members (excludes halogenated alkanes) is 1. The molecule has 0 unspecified atom stereocenters. The smallest absolute Gasteiger partial charge is 0.211 e. The maximum Gasteiger partial charge on any atom is 0.211 e. The van der Waals surface area contributed by atoms with E-state index >= 15 is 0 Å². The average molecular weight is 256 g/mol. The number of methoxy groups -OCH3 is 1. The van der Waals surface area contributed by atoms with Gasteiger partial charge in [-0.15, -0.1) is 11.6 Å². The molecule has 1 N–H and O–H groups in total. The van der Waals surface area contributed by atoms with Gasteiger partial charge in [0.1, 0.15) is 0 Å². The van der Waals surface area contributed by atoms with Crippen LogP contribution in [0.1, 0.15) is 25.7 Å². The standard InChI is InChI=1S/C9H18ClNO3S/c1-14-9-6-8(7-9)11-15(12,13)5-3-2-4-10/h8-9,11H,2-7H2,1H3. The SMILES string of the molecule is COC1CC(NS(=O)(=O)CCCCCl)C1. The first kappa shape index (κ1) is 13.2. The highest BCUT2D eigenvalue weighted by atomic mass is 35.5. The Kier molecular flexibility index (Phi) is 5.32. The average Bonchev–Trinajstić information content (AvgIpc) is 2.11. The second-order valence-corrected chi connectivity index (χ2v) is 6.11. The Morgan fingerprint density at radius 1 is 1.40 bits per heavy atom. The Labute approximate surface area is 96.4 Å². The summed E-state index contributed by atoms with van der Waals surface area (Å²) in [6, 6.07) is 0.0657. The van der Waals surface area contributed by atoms with Crippen LogP contribution in [0.4, 0.5) is 0 Å². The molecule has 0 atom stereocenters. The summed E-state index contributed by atoms with van der Waals surface area (Å²) < 4.78 is 30.8. The minimum atomic E-state index is -3.11. The lowest BCUT2D eigenvalue weighted by Gasteiger charge is -2.34. The van der Waals surface area contributed by atoms with Gasteiger partial charge in [0.2, 0.25) is 10.0 Å². The van der Waals surface area contributed by atoms with Crippen LogP contribution < -0.4 is 4.72 Å². The quantitative estimate of drug-likeness (QED) is 0.548. The molecule has 6 heteroatoms. The van der Waals surface area contributed by atoms with Gasteiger partial charge in [-0.1, -0.05) is 0 Å². The molecular formula is C9H18ClNO3S. The van der Waals surface area contributed by atoms with Crippen LogP contribution in [0.25, 0.3) is 0 Å². The number of hydrogen-bond acceptors (Lipinski definition) is 3. The predicted molar refractivity (Wildman–Crippen MR) is 60.7 cm³/mol. The van der Waals surface area contributed by atoms with Gasteiger partial charge in [0.25, 0.3) is 0 Å². The zero-order chi connectivity index (χ0) is 11.3. The highest BCUT2D eigenvalue weighted by Gasteiger charge is 2.31. The zero-order valence-electron chi connectivity index (χ0n) is 8.91. The normalized spacial score (nSPS) is 26.3. The summed E-state index contributed by atoms with van der Waals surface area (Å²) >= 11 is 5.48. The van der Waals surface area contributed by atoms with Gasteiger partial charge in [0.15, 0.2) is 0 Å². The number of halogens is 1. The molecule has 0 heterocycles. The Bertz CT molecular complexity index is 275. The van der Waals surface area contributed by atoms with Gasteiger partial charge in [-0.05, 0) is 25.7 Å². The lowest BCUT2D eigenvalue weighted by atomic mass is 9.90. The van der Waals surface area contributed by atoms with Crippen molar-refractivity contribution in [2.45, 2.75) is 37.8 Å². The van der Waals surface area contributed by atoms with Crippen molar-refractivity contribution in [3.8, 4) is 0 Å². The van der Waals surface area contributed by atoms with Crippen LogP contribution in [0.2, 0.25) is 0 Å². The van der Waals surface area contributed by atoms with E-state index in [1.54, 1.807) is 7.11 Å². The molecule has 0 aromatic heterocycles. The number of nitrogens with one attached hydrogen (secondary N) is 1. The van der Waals surface area contributed by atoms with E-state index in [0.29, 0.717) is 12.3 Å². The van der Waals surface area contributed by atoms with Gasteiger partial charge in [-0.2, -0.15) is 0 Å². The van der Waals surface area contributed by atoms with E-state index in [4.69, 9.17) is 16.3 Å². The molecule has 0 saturated heterocycles. The van der Waals surface area contributed by atoms with Crippen molar-refractivity contribution >= 4 is 21.6 Å². The fourth-order valence-corrected chi connectivity index (χ4v) is 3.15. The summed E-state index contributed by atoms with van der Waals surface area (Å²) in [6.45, 7) is 0. The first-order chi connectivity index (χ1) is 7.07. The molecular weight excluding hydrogens is 238 g/mol. The van der Waals surface area contributed by atoms with Crippen LogP contribution >= 0.6 is 11.6 Å². The van der Waals surface area contributed by atoms with Crippen molar-refractivity contribution in [2.75, 3.05) is 18.7 Å². The monoisotopic (exact) mass is 255 g/mol. The van der Waals surface area contributed by atoms with E-state index in [0.717, 1.165) is 19.3 Å². The molecule has 1 aliphatic rings. The van der Waals surface area contributed by atoms with Gasteiger partial charge in [-0.3, -0.25) is 0 Å². The summed E-state index contributed by atoms with van der Waals surface area (Å²) in [5.41, 5.74) is 0. The van der Waals surface area contributed by atoms with Crippen LogP contribution in [0, 0.1) is 0 Å². The molecule has 0 bridgehead atoms. The fraction of sp³-hybridized carbons (Fsp3) is 1.00. The summed E-state index contributed by atoms with van der Waals surface area (Å²) in [6.07, 6.45) is 3.16. The number of ether oxygens (including phenoxy) is 1. The van der Waals surface area contributed by atoms with Crippen LogP contribution in [-0.4, -0.2) is 39.3 Å². The molecule has 15 heavy (non-hydrogen) atoms. The molecule has 1 aliphatic carbocycles. The first-order valence-electron chi connectivity index (χ1n) is 5.16. The maximum atomic E-state index is 11.5. The molecule has 1 rings (SSSR count). The summed E-state index contributed by atoms with van der Waals surface area (Å²) in [5.74, 6) is 0.693. The van der Waals surface area contributed by atoms with E-state index in [9.17, 15) is 8.42 Å². The molecule has 90 valence electrons. The summed E-state index contributed by atoms with van der Waals surface area (Å²) in [4.78, 5) is 0. The van der Waals surface area contributed by atoms with Crippen LogP contribution in [0.3, 0.4) is 0 Å². The third kappa shape index (κ3) is 4.68. The molecule has 4 nitrogen and oxygen atoms in total. The Balaban J connectivity index is 2.19. The van der Waals surface area contributed by atoms with Gasteiger partial charge >= 0.3 is 0 Å². The highest BCUT2D eigenvalue weighted by molar-refractivity contribution is 7.89. The van der Waals surface area contributed by atoms with Gasteiger partial charge in [0.05, 0.1) is 11.9 Å². The minimum Gasteiger partial charge on any atom is -0.381 e. The Morgan fingerprint density at radius 3 is 2.60 bits per heavy atom. The molecule has 0 spiro atoms. The van der Waals surface area contributed by atoms with Gasteiger partial charge in [-0.25, -0.2) is 13.1 Å². The van der Waals surface area contributed by atoms with E-state index in [1.165, 1.54) is 0 Å². The molecule has 1 saturated carbocycles. The zero-order valence-corrected chi connectivity index (χ0v) is 10.5. The van der Waals surface area contributed by atoms with E-state index < -0.39 is 10.0 Å². The van der Waals surface area contributed by atoms with Crippen molar-refractivity contribution in [3.63, 3.8) is 0 Å². The van der Waals surface area contributed by atoms with Crippen LogP contribution in [0.5, 0.6) is 0 Å². The topological polar surface area (TPSA) is 55.4 Å². The summed E-state index contributed by atoms with van der Waals surface area (Å²) in [5, 5.41) is 0. The second-order valence-electron chi connectivity index (χ2n) is 3.86. The number of alkyl halides is 1.